The first-order valence-corrected chi connectivity index (χ1v) is 10.2. The molecule has 0 atom stereocenters. The first kappa shape index (κ1) is 20.8. The molecule has 0 fully saturated rings. The summed E-state index contributed by atoms with van der Waals surface area (Å²) in [5.74, 6) is -1.05. The predicted molar refractivity (Wildman–Crippen MR) is 126 cm³/mol. The number of anilines is 2. The van der Waals surface area contributed by atoms with Crippen LogP contribution in [0.5, 0.6) is 0 Å². The first-order chi connectivity index (χ1) is 16.5. The summed E-state index contributed by atoms with van der Waals surface area (Å²) < 4.78 is 4.75. The summed E-state index contributed by atoms with van der Waals surface area (Å²) in [7, 11) is 0. The molecule has 9 nitrogen and oxygen atoms in total. The number of hydrogen-bond donors (Lipinski definition) is 2. The molecule has 4 aromatic carbocycles. The molecule has 5 rings (SSSR count). The summed E-state index contributed by atoms with van der Waals surface area (Å²) in [6, 6.07) is 25.0. The van der Waals surface area contributed by atoms with Crippen molar-refractivity contribution in [3.8, 4) is 22.3 Å². The van der Waals surface area contributed by atoms with E-state index in [-0.39, 0.29) is 22.3 Å². The molecule has 0 aliphatic rings. The summed E-state index contributed by atoms with van der Waals surface area (Å²) >= 11 is 0. The van der Waals surface area contributed by atoms with Crippen molar-refractivity contribution >= 4 is 34.1 Å². The van der Waals surface area contributed by atoms with E-state index in [1.807, 2.05) is 54.6 Å². The SMILES string of the molecule is O=C(O)c1ccc(Nc2ccc([N+](=O)[O-])c3nonc23)c(-c2ccccc2-c2ccccc2)c1. The van der Waals surface area contributed by atoms with Crippen LogP contribution >= 0.6 is 0 Å². The Balaban J connectivity index is 1.68. The van der Waals surface area contributed by atoms with E-state index < -0.39 is 10.9 Å². The highest BCUT2D eigenvalue weighted by Gasteiger charge is 2.21. The molecule has 1 aromatic heterocycles. The number of carboxylic acid groups (broad SMARTS) is 1. The van der Waals surface area contributed by atoms with Crippen molar-refractivity contribution in [3.05, 3.63) is 101 Å². The molecule has 0 radical (unpaired) electrons. The maximum Gasteiger partial charge on any atom is 0.335 e. The molecule has 0 unspecified atom stereocenters. The van der Waals surface area contributed by atoms with Crippen molar-refractivity contribution in [1.82, 2.24) is 10.3 Å². The van der Waals surface area contributed by atoms with Crippen LogP contribution in [-0.4, -0.2) is 26.3 Å². The van der Waals surface area contributed by atoms with Gasteiger partial charge in [0.15, 0.2) is 5.52 Å². The van der Waals surface area contributed by atoms with E-state index in [4.69, 9.17) is 4.63 Å². The van der Waals surface area contributed by atoms with Crippen molar-refractivity contribution < 1.29 is 19.5 Å². The smallest absolute Gasteiger partial charge is 0.335 e. The van der Waals surface area contributed by atoms with E-state index in [9.17, 15) is 20.0 Å². The molecule has 0 aliphatic carbocycles. The lowest BCUT2D eigenvalue weighted by Gasteiger charge is -2.16. The van der Waals surface area contributed by atoms with Crippen LogP contribution in [0, 0.1) is 10.1 Å². The molecule has 2 N–H and O–H groups in total. The number of nitro benzene ring substituents is 1. The molecule has 5 aromatic rings. The van der Waals surface area contributed by atoms with Crippen molar-refractivity contribution in [1.29, 1.82) is 0 Å². The van der Waals surface area contributed by atoms with Crippen LogP contribution in [0.15, 0.2) is 89.6 Å². The third kappa shape index (κ3) is 3.71. The number of hydrogen-bond acceptors (Lipinski definition) is 7. The van der Waals surface area contributed by atoms with Gasteiger partial charge in [0.25, 0.3) is 0 Å². The Morgan fingerprint density at radius 3 is 2.24 bits per heavy atom. The second kappa shape index (κ2) is 8.47. The van der Waals surface area contributed by atoms with Gasteiger partial charge in [0, 0.05) is 17.3 Å². The van der Waals surface area contributed by atoms with Crippen LogP contribution in [0.4, 0.5) is 17.1 Å². The highest BCUT2D eigenvalue weighted by Crippen LogP contribution is 2.39. The van der Waals surface area contributed by atoms with Crippen LogP contribution < -0.4 is 5.32 Å². The minimum Gasteiger partial charge on any atom is -0.478 e. The second-order valence-corrected chi connectivity index (χ2v) is 7.45. The Labute approximate surface area is 192 Å². The molecular formula is C25H16N4O5. The number of nitro groups is 1. The molecule has 0 bridgehead atoms. The Morgan fingerprint density at radius 1 is 0.824 bits per heavy atom. The maximum absolute atomic E-state index is 11.7. The van der Waals surface area contributed by atoms with Crippen LogP contribution in [0.25, 0.3) is 33.3 Å². The lowest BCUT2D eigenvalue weighted by Crippen LogP contribution is -2.01. The van der Waals surface area contributed by atoms with Gasteiger partial charge in [-0.25, -0.2) is 9.42 Å². The van der Waals surface area contributed by atoms with Crippen molar-refractivity contribution in [2.75, 3.05) is 5.32 Å². The molecule has 0 saturated heterocycles. The molecule has 34 heavy (non-hydrogen) atoms. The van der Waals surface area contributed by atoms with Crippen LogP contribution in [0.3, 0.4) is 0 Å². The molecule has 0 spiro atoms. The fraction of sp³-hybridized carbons (Fsp3) is 0. The number of fused-ring (bicyclic) bond motifs is 1. The van der Waals surface area contributed by atoms with E-state index in [1.54, 1.807) is 12.1 Å². The summed E-state index contributed by atoms with van der Waals surface area (Å²) in [6.07, 6.45) is 0. The molecular weight excluding hydrogens is 436 g/mol. The van der Waals surface area contributed by atoms with Gasteiger partial charge in [-0.1, -0.05) is 54.6 Å². The molecule has 0 aliphatic heterocycles. The number of non-ortho nitro benzene ring substituents is 1. The number of nitrogens with zero attached hydrogens (tertiary/aromatic N) is 3. The highest BCUT2D eigenvalue weighted by atomic mass is 16.6. The summed E-state index contributed by atoms with van der Waals surface area (Å²) in [4.78, 5) is 22.5. The standard InChI is InChI=1S/C25H16N4O5/c30-25(31)16-10-11-20(26-21-12-13-22(29(32)33)24-23(21)27-34-28-24)19(14-16)18-9-5-4-8-17(18)15-6-2-1-3-7-15/h1-14,26H,(H,30,31). The minimum atomic E-state index is -1.05. The van der Waals surface area contributed by atoms with Crippen molar-refractivity contribution in [2.45, 2.75) is 0 Å². The van der Waals surface area contributed by atoms with Gasteiger partial charge in [0.2, 0.25) is 5.52 Å². The van der Waals surface area contributed by atoms with Gasteiger partial charge in [-0.15, -0.1) is 0 Å². The van der Waals surface area contributed by atoms with E-state index in [2.05, 4.69) is 15.6 Å². The Hall–Kier alpha value is -5.05. The summed E-state index contributed by atoms with van der Waals surface area (Å²) in [6.45, 7) is 0. The van der Waals surface area contributed by atoms with Gasteiger partial charge in [0.1, 0.15) is 0 Å². The van der Waals surface area contributed by atoms with Gasteiger partial charge < -0.3 is 10.4 Å². The van der Waals surface area contributed by atoms with E-state index >= 15 is 0 Å². The molecule has 0 amide bonds. The van der Waals surface area contributed by atoms with E-state index in [1.165, 1.54) is 18.2 Å². The largest absolute Gasteiger partial charge is 0.478 e. The van der Waals surface area contributed by atoms with Crippen molar-refractivity contribution in [3.63, 3.8) is 0 Å². The molecule has 1 heterocycles. The van der Waals surface area contributed by atoms with Gasteiger partial charge in [-0.2, -0.15) is 0 Å². The number of aromatic nitrogens is 2. The number of benzene rings is 4. The number of aromatic carboxylic acids is 1. The third-order valence-electron chi connectivity index (χ3n) is 5.43. The fourth-order valence-corrected chi connectivity index (χ4v) is 3.84. The quantitative estimate of drug-likeness (QED) is 0.240. The average molecular weight is 452 g/mol. The zero-order valence-corrected chi connectivity index (χ0v) is 17.5. The second-order valence-electron chi connectivity index (χ2n) is 7.45. The number of carboxylic acids is 1. The summed E-state index contributed by atoms with van der Waals surface area (Å²) in [5, 5.41) is 31.6. The predicted octanol–water partition coefficient (Wildman–Crippen LogP) is 5.91. The molecule has 0 saturated carbocycles. The minimum absolute atomic E-state index is 0.0170. The van der Waals surface area contributed by atoms with Gasteiger partial charge in [-0.05, 0) is 51.3 Å². The topological polar surface area (TPSA) is 131 Å². The zero-order valence-electron chi connectivity index (χ0n) is 17.5. The summed E-state index contributed by atoms with van der Waals surface area (Å²) in [5.41, 5.74) is 4.49. The van der Waals surface area contributed by atoms with Crippen molar-refractivity contribution in [2.24, 2.45) is 0 Å². The van der Waals surface area contributed by atoms with Crippen LogP contribution in [0.1, 0.15) is 10.4 Å². The normalized spacial score (nSPS) is 10.8. The van der Waals surface area contributed by atoms with E-state index in [0.717, 1.165) is 16.7 Å². The Bertz CT molecular complexity index is 1550. The monoisotopic (exact) mass is 452 g/mol. The highest BCUT2D eigenvalue weighted by molar-refractivity contribution is 5.99. The lowest BCUT2D eigenvalue weighted by atomic mass is 9.92. The van der Waals surface area contributed by atoms with E-state index in [0.29, 0.717) is 16.9 Å². The Morgan fingerprint density at radius 2 is 1.50 bits per heavy atom. The van der Waals surface area contributed by atoms with Gasteiger partial charge in [0.05, 0.1) is 16.2 Å². The maximum atomic E-state index is 11.7. The molecule has 166 valence electrons. The van der Waals surface area contributed by atoms with Gasteiger partial charge in [-0.3, -0.25) is 10.1 Å². The van der Waals surface area contributed by atoms with Crippen LogP contribution in [-0.2, 0) is 0 Å². The zero-order chi connectivity index (χ0) is 23.7. The van der Waals surface area contributed by atoms with Gasteiger partial charge >= 0.3 is 11.7 Å². The Kier molecular flexibility index (Phi) is 5.19. The fourth-order valence-electron chi connectivity index (χ4n) is 3.84. The van der Waals surface area contributed by atoms with Crippen LogP contribution in [0.2, 0.25) is 0 Å². The number of carbonyl (C=O) groups is 1. The number of rotatable bonds is 6. The first-order valence-electron chi connectivity index (χ1n) is 10.2. The average Bonchev–Trinajstić information content (AvgIpc) is 3.35. The lowest BCUT2D eigenvalue weighted by molar-refractivity contribution is -0.383. The number of nitrogens with one attached hydrogen (secondary N) is 1. The molecule has 9 heteroatoms. The third-order valence-corrected chi connectivity index (χ3v) is 5.43.